The first-order valence-corrected chi connectivity index (χ1v) is 12.3. The molecule has 0 aliphatic rings. The predicted octanol–water partition coefficient (Wildman–Crippen LogP) is 6.43. The number of hydrogen-bond donors (Lipinski definition) is 2. The minimum atomic E-state index is -4.65. The molecular weight excluding hydrogens is 537 g/mol. The lowest BCUT2D eigenvalue weighted by molar-refractivity contribution is -0.137. The normalized spacial score (nSPS) is 12.2. The van der Waals surface area contributed by atoms with E-state index in [0.29, 0.717) is 16.0 Å². The number of benzene rings is 1. The second-order valence-electron chi connectivity index (χ2n) is 7.49. The summed E-state index contributed by atoms with van der Waals surface area (Å²) in [4.78, 5) is 42.0. The highest BCUT2D eigenvalue weighted by Crippen LogP contribution is 2.36. The number of aromatic nitrogens is 4. The highest BCUT2D eigenvalue weighted by molar-refractivity contribution is 7.14. The molecule has 0 fully saturated rings. The molecule has 36 heavy (non-hydrogen) atoms. The number of nitrogens with one attached hydrogen (secondary N) is 2. The van der Waals surface area contributed by atoms with Gasteiger partial charge in [-0.3, -0.25) is 9.59 Å². The van der Waals surface area contributed by atoms with E-state index in [4.69, 9.17) is 11.6 Å². The molecule has 0 saturated heterocycles. The third-order valence-corrected chi connectivity index (χ3v) is 7.06. The molecule has 0 radical (unpaired) electrons. The smallest absolute Gasteiger partial charge is 0.321 e. The molecule has 4 rings (SSSR count). The van der Waals surface area contributed by atoms with Crippen LogP contribution < -0.4 is 10.6 Å². The number of rotatable bonds is 8. The first kappa shape index (κ1) is 25.7. The largest absolute Gasteiger partial charge is 0.417 e. The minimum Gasteiger partial charge on any atom is -0.321 e. The van der Waals surface area contributed by atoms with Gasteiger partial charge in [0.05, 0.1) is 21.8 Å². The second-order valence-corrected chi connectivity index (χ2v) is 9.85. The summed E-state index contributed by atoms with van der Waals surface area (Å²) in [7, 11) is 0. The average molecular weight is 553 g/mol. The van der Waals surface area contributed by atoms with Crippen molar-refractivity contribution in [2.45, 2.75) is 25.4 Å². The molecule has 0 aliphatic carbocycles. The Labute approximate surface area is 215 Å². The fraction of sp³-hybridized carbons (Fsp3) is 0.182. The highest BCUT2D eigenvalue weighted by Gasteiger charge is 2.33. The third kappa shape index (κ3) is 6.22. The number of carbonyl (C=O) groups excluding carboxylic acids is 2. The maximum absolute atomic E-state index is 13.1. The van der Waals surface area contributed by atoms with Crippen molar-refractivity contribution in [3.63, 3.8) is 0 Å². The van der Waals surface area contributed by atoms with Gasteiger partial charge in [0.25, 0.3) is 5.91 Å². The first-order valence-electron chi connectivity index (χ1n) is 10.3. The zero-order chi connectivity index (χ0) is 25.9. The van der Waals surface area contributed by atoms with Crippen LogP contribution in [-0.2, 0) is 6.18 Å². The summed E-state index contributed by atoms with van der Waals surface area (Å²) in [6, 6.07) is 4.64. The molecule has 0 saturated carbocycles. The fourth-order valence-electron chi connectivity index (χ4n) is 3.08. The molecule has 0 bridgehead atoms. The molecule has 2 N–H and O–H groups in total. The second kappa shape index (κ2) is 10.7. The number of ketones is 1. The number of nitrogens with zero attached hydrogens (tertiary/aromatic N) is 4. The van der Waals surface area contributed by atoms with Gasteiger partial charge in [0, 0.05) is 35.7 Å². The van der Waals surface area contributed by atoms with Gasteiger partial charge in [-0.2, -0.15) is 13.2 Å². The van der Waals surface area contributed by atoms with Gasteiger partial charge in [-0.15, -0.1) is 22.7 Å². The maximum atomic E-state index is 13.1. The molecule has 3 aromatic heterocycles. The Morgan fingerprint density at radius 1 is 1.14 bits per heavy atom. The van der Waals surface area contributed by atoms with Crippen LogP contribution in [0, 0.1) is 0 Å². The van der Waals surface area contributed by atoms with Gasteiger partial charge in [0.1, 0.15) is 22.7 Å². The molecule has 14 heteroatoms. The van der Waals surface area contributed by atoms with Gasteiger partial charge in [0.2, 0.25) is 0 Å². The first-order chi connectivity index (χ1) is 17.1. The predicted molar refractivity (Wildman–Crippen MR) is 131 cm³/mol. The summed E-state index contributed by atoms with van der Waals surface area (Å²) in [5.41, 5.74) is -0.886. The molecule has 4 aromatic rings. The van der Waals surface area contributed by atoms with Crippen molar-refractivity contribution in [1.29, 1.82) is 0 Å². The summed E-state index contributed by atoms with van der Waals surface area (Å²) < 4.78 is 39.2. The molecule has 1 aromatic carbocycles. The number of halogens is 4. The number of anilines is 3. The van der Waals surface area contributed by atoms with Crippen molar-refractivity contribution in [1.82, 2.24) is 19.9 Å². The van der Waals surface area contributed by atoms with Crippen molar-refractivity contribution in [3.05, 3.63) is 74.5 Å². The summed E-state index contributed by atoms with van der Waals surface area (Å²) in [6.07, 6.45) is -0.342. The van der Waals surface area contributed by atoms with Crippen molar-refractivity contribution in [2.24, 2.45) is 0 Å². The fourth-order valence-corrected chi connectivity index (χ4v) is 4.70. The number of carbonyl (C=O) groups is 2. The van der Waals surface area contributed by atoms with E-state index in [0.717, 1.165) is 23.5 Å². The number of alkyl halides is 3. The van der Waals surface area contributed by atoms with Crippen LogP contribution in [0.2, 0.25) is 5.02 Å². The van der Waals surface area contributed by atoms with E-state index in [1.54, 1.807) is 18.5 Å². The van der Waals surface area contributed by atoms with E-state index >= 15 is 0 Å². The lowest BCUT2D eigenvalue weighted by Crippen LogP contribution is -2.12. The topological polar surface area (TPSA) is 110 Å². The van der Waals surface area contributed by atoms with Crippen molar-refractivity contribution in [3.8, 4) is 0 Å². The zero-order valence-electron chi connectivity index (χ0n) is 18.3. The monoisotopic (exact) mass is 552 g/mol. The molecule has 1 atom stereocenters. The van der Waals surface area contributed by atoms with E-state index in [1.807, 2.05) is 0 Å². The minimum absolute atomic E-state index is 0.0548. The van der Waals surface area contributed by atoms with Crippen LogP contribution in [0.1, 0.15) is 50.0 Å². The molecule has 8 nitrogen and oxygen atoms in total. The Morgan fingerprint density at radius 3 is 2.67 bits per heavy atom. The highest BCUT2D eigenvalue weighted by atomic mass is 35.5. The molecule has 1 amide bonds. The number of amides is 1. The SMILES string of the molecule is C[C@@H](CC(=O)c1cc(Nc2nccs2)ncn1)c1ncc(C(=O)Nc2ccc(Cl)c(C(F)(F)F)c2)s1. The lowest BCUT2D eigenvalue weighted by Gasteiger charge is -2.11. The Bertz CT molecular complexity index is 1390. The van der Waals surface area contributed by atoms with Gasteiger partial charge in [-0.25, -0.2) is 19.9 Å². The van der Waals surface area contributed by atoms with Crippen molar-refractivity contribution < 1.29 is 22.8 Å². The van der Waals surface area contributed by atoms with Gasteiger partial charge >= 0.3 is 6.18 Å². The van der Waals surface area contributed by atoms with Crippen LogP contribution in [-0.4, -0.2) is 31.6 Å². The summed E-state index contributed by atoms with van der Waals surface area (Å²) >= 11 is 8.05. The van der Waals surface area contributed by atoms with Gasteiger partial charge in [0.15, 0.2) is 10.9 Å². The Hall–Kier alpha value is -3.42. The molecule has 0 aliphatic heterocycles. The maximum Gasteiger partial charge on any atom is 0.417 e. The average Bonchev–Trinajstić information content (AvgIpc) is 3.52. The number of Topliss-reactive ketones (excluding diaryl/α,β-unsaturated/α-hetero) is 1. The van der Waals surface area contributed by atoms with Crippen molar-refractivity contribution >= 4 is 62.6 Å². The zero-order valence-corrected chi connectivity index (χ0v) is 20.7. The van der Waals surface area contributed by atoms with Gasteiger partial charge < -0.3 is 10.6 Å². The standard InChI is InChI=1S/C22H16ClF3N6O2S2/c1-11(6-16(33)15-8-18(30-10-29-15)32-21-27-4-5-35-21)20-28-9-17(36-20)19(34)31-12-2-3-14(23)13(7-12)22(24,25)26/h2-5,7-11H,6H2,1H3,(H,31,34)(H,27,29,30,32)/t11-/m0/s1. The quantitative estimate of drug-likeness (QED) is 0.242. The molecule has 0 spiro atoms. The summed E-state index contributed by atoms with van der Waals surface area (Å²) in [6.45, 7) is 1.78. The van der Waals surface area contributed by atoms with Crippen LogP contribution >= 0.6 is 34.3 Å². The van der Waals surface area contributed by atoms with Crippen LogP contribution in [0.4, 0.5) is 29.8 Å². The van der Waals surface area contributed by atoms with Crippen LogP contribution in [0.5, 0.6) is 0 Å². The Kier molecular flexibility index (Phi) is 7.62. The van der Waals surface area contributed by atoms with E-state index in [9.17, 15) is 22.8 Å². The van der Waals surface area contributed by atoms with E-state index in [1.165, 1.54) is 36.0 Å². The van der Waals surface area contributed by atoms with Gasteiger partial charge in [-0.05, 0) is 18.2 Å². The van der Waals surface area contributed by atoms with Crippen LogP contribution in [0.25, 0.3) is 0 Å². The Balaban J connectivity index is 1.40. The van der Waals surface area contributed by atoms with E-state index < -0.39 is 22.7 Å². The van der Waals surface area contributed by atoms with Gasteiger partial charge in [-0.1, -0.05) is 18.5 Å². The van der Waals surface area contributed by atoms with E-state index in [-0.39, 0.29) is 34.4 Å². The third-order valence-electron chi connectivity index (χ3n) is 4.81. The molecule has 0 unspecified atom stereocenters. The number of thiazole rings is 2. The lowest BCUT2D eigenvalue weighted by atomic mass is 10.0. The molecule has 186 valence electrons. The number of hydrogen-bond acceptors (Lipinski definition) is 9. The van der Waals surface area contributed by atoms with E-state index in [2.05, 4.69) is 30.6 Å². The summed E-state index contributed by atoms with van der Waals surface area (Å²) in [5.74, 6) is -0.766. The molecular formula is C22H16ClF3N6O2S2. The van der Waals surface area contributed by atoms with Crippen LogP contribution in [0.3, 0.4) is 0 Å². The Morgan fingerprint density at radius 2 is 1.94 bits per heavy atom. The van der Waals surface area contributed by atoms with Crippen molar-refractivity contribution in [2.75, 3.05) is 10.6 Å². The van der Waals surface area contributed by atoms with Crippen LogP contribution in [0.15, 0.2) is 48.4 Å². The molecule has 3 heterocycles. The summed E-state index contributed by atoms with van der Waals surface area (Å²) in [5, 5.41) is 7.90.